The molecule has 0 aliphatic heterocycles. The highest BCUT2D eigenvalue weighted by Crippen LogP contribution is 2.23. The molecule has 7 heteroatoms. The van der Waals surface area contributed by atoms with Gasteiger partial charge in [-0.25, -0.2) is 9.78 Å². The molecular weight excluding hydrogens is 270 g/mol. The van der Waals surface area contributed by atoms with E-state index in [1.165, 1.54) is 6.39 Å². The minimum Gasteiger partial charge on any atom is -0.446 e. The van der Waals surface area contributed by atoms with Crippen molar-refractivity contribution < 1.29 is 13.9 Å². The van der Waals surface area contributed by atoms with Crippen LogP contribution in [0.5, 0.6) is 0 Å². The van der Waals surface area contributed by atoms with Gasteiger partial charge in [-0.2, -0.15) is 0 Å². The Hall–Kier alpha value is -1.27. The number of rotatable bonds is 3. The number of nitrogens with two attached hydrogens (primary N) is 1. The van der Waals surface area contributed by atoms with Crippen molar-refractivity contribution in [3.05, 3.63) is 17.8 Å². The lowest BCUT2D eigenvalue weighted by atomic mass is 10.0. The molecule has 6 nitrogen and oxygen atoms in total. The number of carbonyl (C=O) groups excluding carboxylic acids is 1. The van der Waals surface area contributed by atoms with Crippen molar-refractivity contribution in [2.45, 2.75) is 52.3 Å². The molecule has 0 bridgehead atoms. The van der Waals surface area contributed by atoms with Crippen LogP contribution in [0.1, 0.15) is 46.1 Å². The first-order valence-electron chi connectivity index (χ1n) is 5.80. The van der Waals surface area contributed by atoms with Crippen LogP contribution in [0.2, 0.25) is 0 Å². The average Bonchev–Trinajstić information content (AvgIpc) is 2.61. The second-order valence-electron chi connectivity index (χ2n) is 5.58. The molecule has 1 heterocycles. The van der Waals surface area contributed by atoms with E-state index in [-0.39, 0.29) is 19.0 Å². The second kappa shape index (κ2) is 6.25. The van der Waals surface area contributed by atoms with Gasteiger partial charge in [-0.15, -0.1) is 12.4 Å². The Labute approximate surface area is 119 Å². The van der Waals surface area contributed by atoms with Gasteiger partial charge in [-0.05, 0) is 34.6 Å². The maximum atomic E-state index is 11.7. The Balaban J connectivity index is 0.00000324. The molecule has 0 unspecified atom stereocenters. The molecule has 1 amide bonds. The Morgan fingerprint density at radius 3 is 2.47 bits per heavy atom. The third-order valence-corrected chi connectivity index (χ3v) is 2.22. The topological polar surface area (TPSA) is 90.4 Å². The van der Waals surface area contributed by atoms with Gasteiger partial charge < -0.3 is 20.2 Å². The Morgan fingerprint density at radius 1 is 1.42 bits per heavy atom. The minimum atomic E-state index is -0.729. The van der Waals surface area contributed by atoms with Crippen LogP contribution >= 0.6 is 12.4 Å². The van der Waals surface area contributed by atoms with Crippen molar-refractivity contribution in [3.8, 4) is 0 Å². The van der Waals surface area contributed by atoms with Gasteiger partial charge in [0.15, 0.2) is 12.2 Å². The molecule has 0 spiro atoms. The van der Waals surface area contributed by atoms with E-state index in [0.717, 1.165) is 0 Å². The van der Waals surface area contributed by atoms with E-state index in [2.05, 4.69) is 10.3 Å². The molecular formula is C12H22ClN3O3. The minimum absolute atomic E-state index is 0. The highest BCUT2D eigenvalue weighted by Gasteiger charge is 2.31. The van der Waals surface area contributed by atoms with Gasteiger partial charge in [0.2, 0.25) is 0 Å². The first-order valence-corrected chi connectivity index (χ1v) is 5.80. The van der Waals surface area contributed by atoms with E-state index >= 15 is 0 Å². The number of carbonyl (C=O) groups is 1. The van der Waals surface area contributed by atoms with Gasteiger partial charge in [-0.3, -0.25) is 0 Å². The highest BCUT2D eigenvalue weighted by molar-refractivity contribution is 5.85. The van der Waals surface area contributed by atoms with Crippen molar-refractivity contribution in [1.29, 1.82) is 0 Å². The van der Waals surface area contributed by atoms with Crippen molar-refractivity contribution in [2.24, 2.45) is 5.73 Å². The van der Waals surface area contributed by atoms with E-state index in [4.69, 9.17) is 14.9 Å². The van der Waals surface area contributed by atoms with Gasteiger partial charge in [0, 0.05) is 6.54 Å². The monoisotopic (exact) mass is 291 g/mol. The molecule has 1 aromatic rings. The molecule has 3 N–H and O–H groups in total. The zero-order chi connectivity index (χ0) is 14.0. The predicted molar refractivity (Wildman–Crippen MR) is 74.0 cm³/mol. The summed E-state index contributed by atoms with van der Waals surface area (Å²) in [6, 6.07) is 0. The summed E-state index contributed by atoms with van der Waals surface area (Å²) in [5.41, 5.74) is 4.91. The van der Waals surface area contributed by atoms with Crippen molar-refractivity contribution in [2.75, 3.05) is 0 Å². The fourth-order valence-corrected chi connectivity index (χ4v) is 1.54. The van der Waals surface area contributed by atoms with E-state index in [1.54, 1.807) is 34.6 Å². The predicted octanol–water partition coefficient (Wildman–Crippen LogP) is 2.31. The Bertz CT molecular complexity index is 424. The van der Waals surface area contributed by atoms with E-state index in [0.29, 0.717) is 11.5 Å². The molecule has 0 fully saturated rings. The van der Waals surface area contributed by atoms with Crippen molar-refractivity contribution >= 4 is 18.5 Å². The smallest absolute Gasteiger partial charge is 0.408 e. The zero-order valence-electron chi connectivity index (χ0n) is 11.9. The summed E-state index contributed by atoms with van der Waals surface area (Å²) in [6.07, 6.45) is 0.808. The summed E-state index contributed by atoms with van der Waals surface area (Å²) in [7, 11) is 0. The first-order chi connectivity index (χ1) is 8.15. The van der Waals surface area contributed by atoms with Crippen LogP contribution in [-0.4, -0.2) is 16.7 Å². The fraction of sp³-hybridized carbons (Fsp3) is 0.667. The second-order valence-corrected chi connectivity index (χ2v) is 5.58. The normalized spacial score (nSPS) is 11.7. The van der Waals surface area contributed by atoms with Gasteiger partial charge in [-0.1, -0.05) is 0 Å². The lowest BCUT2D eigenvalue weighted by Crippen LogP contribution is -2.44. The zero-order valence-corrected chi connectivity index (χ0v) is 12.8. The highest BCUT2D eigenvalue weighted by atomic mass is 35.5. The SMILES string of the molecule is CC(C)(C)OC(=O)NC(C)(C)c1ocnc1CN.Cl. The molecule has 1 aromatic heterocycles. The third-order valence-electron chi connectivity index (χ3n) is 2.22. The van der Waals surface area contributed by atoms with Gasteiger partial charge in [0.05, 0.1) is 11.2 Å². The third kappa shape index (κ3) is 5.08. The number of nitrogens with one attached hydrogen (secondary N) is 1. The van der Waals surface area contributed by atoms with Crippen LogP contribution in [0.3, 0.4) is 0 Å². The maximum Gasteiger partial charge on any atom is 0.408 e. The average molecular weight is 292 g/mol. The number of ether oxygens (including phenoxy) is 1. The first kappa shape index (κ1) is 17.7. The molecule has 0 aromatic carbocycles. The number of hydrogen-bond donors (Lipinski definition) is 2. The summed E-state index contributed by atoms with van der Waals surface area (Å²) in [6.45, 7) is 9.27. The van der Waals surface area contributed by atoms with Gasteiger partial charge in [0.1, 0.15) is 5.60 Å². The fourth-order valence-electron chi connectivity index (χ4n) is 1.54. The number of alkyl carbamates (subject to hydrolysis) is 1. The quantitative estimate of drug-likeness (QED) is 0.892. The van der Waals surface area contributed by atoms with Crippen LogP contribution < -0.4 is 11.1 Å². The summed E-state index contributed by atoms with van der Waals surface area (Å²) in [5, 5.41) is 2.74. The van der Waals surface area contributed by atoms with E-state index < -0.39 is 17.2 Å². The standard InChI is InChI=1S/C12H21N3O3.ClH/c1-11(2,3)18-10(16)15-12(4,5)9-8(6-13)14-7-17-9;/h7H,6,13H2,1-5H3,(H,15,16);1H. The molecule has 0 aliphatic carbocycles. The number of aromatic nitrogens is 1. The molecule has 0 aliphatic rings. The van der Waals surface area contributed by atoms with Gasteiger partial charge >= 0.3 is 6.09 Å². The Kier molecular flexibility index (Phi) is 5.83. The number of halogens is 1. The lowest BCUT2D eigenvalue weighted by Gasteiger charge is -2.27. The van der Waals surface area contributed by atoms with Gasteiger partial charge in [0.25, 0.3) is 0 Å². The number of oxazole rings is 1. The largest absolute Gasteiger partial charge is 0.446 e. The lowest BCUT2D eigenvalue weighted by molar-refractivity contribution is 0.0458. The number of nitrogens with zero attached hydrogens (tertiary/aromatic N) is 1. The number of hydrogen-bond acceptors (Lipinski definition) is 5. The summed E-state index contributed by atoms with van der Waals surface area (Å²) < 4.78 is 10.5. The molecule has 0 radical (unpaired) electrons. The molecule has 0 saturated heterocycles. The van der Waals surface area contributed by atoms with Crippen LogP contribution in [0.4, 0.5) is 4.79 Å². The molecule has 0 atom stereocenters. The van der Waals surface area contributed by atoms with Crippen molar-refractivity contribution in [3.63, 3.8) is 0 Å². The van der Waals surface area contributed by atoms with Crippen LogP contribution in [0, 0.1) is 0 Å². The van der Waals surface area contributed by atoms with E-state index in [9.17, 15) is 4.79 Å². The molecule has 1 rings (SSSR count). The summed E-state index contributed by atoms with van der Waals surface area (Å²) >= 11 is 0. The maximum absolute atomic E-state index is 11.7. The van der Waals surface area contributed by atoms with E-state index in [1.807, 2.05) is 0 Å². The summed E-state index contributed by atoms with van der Waals surface area (Å²) in [4.78, 5) is 15.7. The number of amides is 1. The van der Waals surface area contributed by atoms with Crippen LogP contribution in [0.15, 0.2) is 10.8 Å². The van der Waals surface area contributed by atoms with Crippen LogP contribution in [-0.2, 0) is 16.8 Å². The molecule has 110 valence electrons. The molecule has 0 saturated carbocycles. The van der Waals surface area contributed by atoms with Crippen LogP contribution in [0.25, 0.3) is 0 Å². The Morgan fingerprint density at radius 2 is 2.00 bits per heavy atom. The van der Waals surface area contributed by atoms with Crippen molar-refractivity contribution in [1.82, 2.24) is 10.3 Å². The summed E-state index contributed by atoms with van der Waals surface area (Å²) in [5.74, 6) is 0.538. The molecule has 19 heavy (non-hydrogen) atoms.